The zero-order valence-corrected chi connectivity index (χ0v) is 15.5. The van der Waals surface area contributed by atoms with E-state index in [1.54, 1.807) is 7.05 Å². The van der Waals surface area contributed by atoms with Gasteiger partial charge in [0.25, 0.3) is 5.56 Å². The molecular weight excluding hydrogens is 318 g/mol. The molecule has 1 N–H and O–H groups in total. The van der Waals surface area contributed by atoms with E-state index in [2.05, 4.69) is 37.2 Å². The van der Waals surface area contributed by atoms with E-state index in [1.807, 2.05) is 18.2 Å². The van der Waals surface area contributed by atoms with Crippen LogP contribution in [-0.4, -0.2) is 39.7 Å². The van der Waals surface area contributed by atoms with Gasteiger partial charge in [0, 0.05) is 39.8 Å². The minimum absolute atomic E-state index is 0.0638. The third-order valence-corrected chi connectivity index (χ3v) is 4.22. The van der Waals surface area contributed by atoms with E-state index in [0.717, 1.165) is 4.57 Å². The Bertz CT molecular complexity index is 772. The van der Waals surface area contributed by atoms with E-state index in [-0.39, 0.29) is 17.4 Å². The van der Waals surface area contributed by atoms with Gasteiger partial charge in [-0.25, -0.2) is 4.79 Å². The number of hydrogen-bond donors (Lipinski definition) is 1. The van der Waals surface area contributed by atoms with Crippen molar-refractivity contribution in [2.75, 3.05) is 25.0 Å². The summed E-state index contributed by atoms with van der Waals surface area (Å²) >= 11 is 0. The van der Waals surface area contributed by atoms with Crippen LogP contribution in [0.5, 0.6) is 0 Å². The molecule has 7 nitrogen and oxygen atoms in total. The fourth-order valence-corrected chi connectivity index (χ4v) is 2.82. The number of nitrogens with one attached hydrogen (secondary N) is 1. The molecule has 0 fully saturated rings. The molecule has 0 spiro atoms. The first-order valence-corrected chi connectivity index (χ1v) is 8.19. The van der Waals surface area contributed by atoms with Crippen LogP contribution in [0.25, 0.3) is 0 Å². The largest absolute Gasteiger partial charge is 0.369 e. The van der Waals surface area contributed by atoms with Gasteiger partial charge in [-0.15, -0.1) is 13.2 Å². The Morgan fingerprint density at radius 2 is 1.76 bits per heavy atom. The van der Waals surface area contributed by atoms with Crippen molar-refractivity contribution in [3.05, 3.63) is 51.7 Å². The van der Waals surface area contributed by atoms with E-state index in [1.165, 1.54) is 11.6 Å². The smallest absolute Gasteiger partial charge is 0.332 e. The first kappa shape index (κ1) is 20.5. The molecule has 1 aromatic heterocycles. The number of nitriles is 1. The highest BCUT2D eigenvalue weighted by Crippen LogP contribution is 2.14. The molecule has 0 amide bonds. The Hall–Kier alpha value is -2.59. The van der Waals surface area contributed by atoms with Crippen LogP contribution >= 0.6 is 0 Å². The summed E-state index contributed by atoms with van der Waals surface area (Å²) in [7, 11) is 2.91. The molecule has 7 heteroatoms. The topological polar surface area (TPSA) is 83.1 Å². The second kappa shape index (κ2) is 9.04. The highest BCUT2D eigenvalue weighted by atomic mass is 16.2. The van der Waals surface area contributed by atoms with Gasteiger partial charge in [-0.2, -0.15) is 5.26 Å². The van der Waals surface area contributed by atoms with Crippen LogP contribution in [0, 0.1) is 17.2 Å². The monoisotopic (exact) mass is 345 g/mol. The van der Waals surface area contributed by atoms with Crippen molar-refractivity contribution in [3.8, 4) is 6.07 Å². The van der Waals surface area contributed by atoms with Crippen molar-refractivity contribution in [2.45, 2.75) is 19.9 Å². The Balaban J connectivity index is 3.23. The van der Waals surface area contributed by atoms with Crippen LogP contribution in [0.1, 0.15) is 19.4 Å². The second-order valence-electron chi connectivity index (χ2n) is 6.26. The van der Waals surface area contributed by atoms with Crippen molar-refractivity contribution in [2.24, 2.45) is 20.0 Å². The standard InChI is InChI=1S/C18H27N5O2/c1-7-9-23(10-8-2)15(13(3)4)12-20-16-14(11-19)17(24)22(6)18(25)21(16)5/h7-8,13,15,20H,1-2,9-10,12H2,3-6H3/t15-/m0/s1. The Labute approximate surface area is 148 Å². The van der Waals surface area contributed by atoms with Gasteiger partial charge in [0.05, 0.1) is 0 Å². The predicted molar refractivity (Wildman–Crippen MR) is 101 cm³/mol. The van der Waals surface area contributed by atoms with Gasteiger partial charge >= 0.3 is 5.69 Å². The van der Waals surface area contributed by atoms with Gasteiger partial charge in [0.2, 0.25) is 0 Å². The summed E-state index contributed by atoms with van der Waals surface area (Å²) in [6.45, 7) is 13.6. The lowest BCUT2D eigenvalue weighted by atomic mass is 10.0. The van der Waals surface area contributed by atoms with Crippen molar-refractivity contribution >= 4 is 5.82 Å². The molecule has 1 aromatic rings. The molecule has 0 aliphatic carbocycles. The highest BCUT2D eigenvalue weighted by Gasteiger charge is 2.22. The number of aromatic nitrogens is 2. The highest BCUT2D eigenvalue weighted by molar-refractivity contribution is 5.51. The molecule has 0 saturated heterocycles. The SMILES string of the molecule is C=CCN(CC=C)[C@@H](CNc1c(C#N)c(=O)n(C)c(=O)n1C)C(C)C. The quantitative estimate of drug-likeness (QED) is 0.677. The van der Waals surface area contributed by atoms with E-state index >= 15 is 0 Å². The number of hydrogen-bond acceptors (Lipinski definition) is 5. The summed E-state index contributed by atoms with van der Waals surface area (Å²) < 4.78 is 2.23. The maximum atomic E-state index is 12.2. The first-order chi connectivity index (χ1) is 11.8. The normalized spacial score (nSPS) is 12.0. The predicted octanol–water partition coefficient (Wildman–Crippen LogP) is 1.07. The number of anilines is 1. The van der Waals surface area contributed by atoms with Crippen LogP contribution in [0.15, 0.2) is 34.9 Å². The van der Waals surface area contributed by atoms with Gasteiger partial charge < -0.3 is 5.32 Å². The van der Waals surface area contributed by atoms with Crippen molar-refractivity contribution in [1.29, 1.82) is 5.26 Å². The van der Waals surface area contributed by atoms with Crippen LogP contribution in [0.3, 0.4) is 0 Å². The van der Waals surface area contributed by atoms with Crippen molar-refractivity contribution < 1.29 is 0 Å². The maximum absolute atomic E-state index is 12.2. The van der Waals surface area contributed by atoms with Crippen LogP contribution in [0.4, 0.5) is 5.82 Å². The van der Waals surface area contributed by atoms with Gasteiger partial charge in [-0.3, -0.25) is 18.8 Å². The Morgan fingerprint density at radius 1 is 1.20 bits per heavy atom. The third kappa shape index (κ3) is 4.48. The lowest BCUT2D eigenvalue weighted by molar-refractivity contribution is 0.199. The Kier molecular flexibility index (Phi) is 7.40. The van der Waals surface area contributed by atoms with Gasteiger partial charge in [-0.1, -0.05) is 26.0 Å². The zero-order valence-electron chi connectivity index (χ0n) is 15.5. The summed E-state index contributed by atoms with van der Waals surface area (Å²) in [5.41, 5.74) is -1.13. The number of rotatable bonds is 9. The first-order valence-electron chi connectivity index (χ1n) is 8.19. The molecule has 136 valence electrons. The van der Waals surface area contributed by atoms with Gasteiger partial charge in [0.1, 0.15) is 11.9 Å². The van der Waals surface area contributed by atoms with Gasteiger partial charge in [0.15, 0.2) is 5.56 Å². The van der Waals surface area contributed by atoms with Crippen LogP contribution < -0.4 is 16.6 Å². The van der Waals surface area contributed by atoms with Crippen molar-refractivity contribution in [1.82, 2.24) is 14.0 Å². The molecule has 0 aliphatic heterocycles. The molecule has 0 unspecified atom stereocenters. The molecular formula is C18H27N5O2. The fourth-order valence-electron chi connectivity index (χ4n) is 2.82. The molecule has 1 rings (SSSR count). The molecule has 1 heterocycles. The summed E-state index contributed by atoms with van der Waals surface area (Å²) in [5, 5.41) is 12.5. The zero-order chi connectivity index (χ0) is 19.1. The third-order valence-electron chi connectivity index (χ3n) is 4.22. The summed E-state index contributed by atoms with van der Waals surface area (Å²) in [6.07, 6.45) is 3.65. The molecule has 0 saturated carbocycles. The second-order valence-corrected chi connectivity index (χ2v) is 6.26. The maximum Gasteiger partial charge on any atom is 0.332 e. The molecule has 1 atom stereocenters. The van der Waals surface area contributed by atoms with Gasteiger partial charge in [-0.05, 0) is 5.92 Å². The number of nitrogens with zero attached hydrogens (tertiary/aromatic N) is 4. The average Bonchev–Trinajstić information content (AvgIpc) is 2.57. The molecule has 0 aliphatic rings. The van der Waals surface area contributed by atoms with E-state index in [0.29, 0.717) is 25.6 Å². The Morgan fingerprint density at radius 3 is 2.20 bits per heavy atom. The molecule has 0 bridgehead atoms. The fraction of sp³-hybridized carbons (Fsp3) is 0.500. The van der Waals surface area contributed by atoms with E-state index < -0.39 is 11.2 Å². The molecule has 0 aromatic carbocycles. The summed E-state index contributed by atoms with van der Waals surface area (Å²) in [4.78, 5) is 26.5. The minimum Gasteiger partial charge on any atom is -0.369 e. The minimum atomic E-state index is -0.594. The molecule has 0 radical (unpaired) electrons. The summed E-state index contributed by atoms with van der Waals surface area (Å²) in [6, 6.07) is 2.02. The average molecular weight is 345 g/mol. The molecule has 25 heavy (non-hydrogen) atoms. The lowest BCUT2D eigenvalue weighted by Crippen LogP contribution is -2.45. The van der Waals surface area contributed by atoms with E-state index in [9.17, 15) is 14.9 Å². The summed E-state index contributed by atoms with van der Waals surface area (Å²) in [5.74, 6) is 0.555. The lowest BCUT2D eigenvalue weighted by Gasteiger charge is -2.33. The van der Waals surface area contributed by atoms with E-state index in [4.69, 9.17) is 0 Å². The van der Waals surface area contributed by atoms with Crippen LogP contribution in [-0.2, 0) is 14.1 Å². The van der Waals surface area contributed by atoms with Crippen LogP contribution in [0.2, 0.25) is 0 Å². The van der Waals surface area contributed by atoms with Crippen molar-refractivity contribution in [3.63, 3.8) is 0 Å².